The molecule has 0 aromatic heterocycles. The van der Waals surface area contributed by atoms with Gasteiger partial charge in [0.05, 0.1) is 17.5 Å². The quantitative estimate of drug-likeness (QED) is 0.874. The summed E-state index contributed by atoms with van der Waals surface area (Å²) in [4.78, 5) is 25.9. The SMILES string of the molecule is O=C(O)CN1C(=O)C[C@H](NCc2ccccc2)Sc2ccccc21. The Bertz CT molecular complexity index is 736. The first kappa shape index (κ1) is 16.5. The standard InChI is InChI=1S/C18H18N2O3S/c21-17-10-16(19-11-13-6-2-1-3-7-13)24-15-9-5-4-8-14(15)20(17)12-18(22)23/h1-9,16,19H,10-12H2,(H,22,23)/t16-/m1/s1. The molecule has 1 aliphatic heterocycles. The number of anilines is 1. The van der Waals surface area contributed by atoms with E-state index < -0.39 is 5.97 Å². The van der Waals surface area contributed by atoms with Gasteiger partial charge in [0.15, 0.2) is 0 Å². The molecule has 2 N–H and O–H groups in total. The second kappa shape index (κ2) is 7.51. The fraction of sp³-hybridized carbons (Fsp3) is 0.222. The Hall–Kier alpha value is -2.31. The van der Waals surface area contributed by atoms with Gasteiger partial charge in [-0.2, -0.15) is 0 Å². The first-order chi connectivity index (χ1) is 11.6. The van der Waals surface area contributed by atoms with Gasteiger partial charge in [-0.25, -0.2) is 0 Å². The van der Waals surface area contributed by atoms with Crippen LogP contribution in [0.4, 0.5) is 5.69 Å². The molecule has 2 aromatic carbocycles. The van der Waals surface area contributed by atoms with Gasteiger partial charge in [0.2, 0.25) is 5.91 Å². The van der Waals surface area contributed by atoms with Crippen LogP contribution in [0.3, 0.4) is 0 Å². The van der Waals surface area contributed by atoms with Crippen LogP contribution in [0.2, 0.25) is 0 Å². The maximum Gasteiger partial charge on any atom is 0.323 e. The summed E-state index contributed by atoms with van der Waals surface area (Å²) in [5, 5.41) is 12.4. The van der Waals surface area contributed by atoms with Crippen LogP contribution in [-0.4, -0.2) is 28.9 Å². The number of fused-ring (bicyclic) bond motifs is 1. The molecular formula is C18H18N2O3S. The van der Waals surface area contributed by atoms with E-state index in [1.165, 1.54) is 4.90 Å². The number of thioether (sulfide) groups is 1. The van der Waals surface area contributed by atoms with Crippen molar-refractivity contribution in [1.82, 2.24) is 5.32 Å². The molecule has 5 nitrogen and oxygen atoms in total. The summed E-state index contributed by atoms with van der Waals surface area (Å²) < 4.78 is 0. The average Bonchev–Trinajstić information content (AvgIpc) is 2.71. The number of para-hydroxylation sites is 1. The number of hydrogen-bond acceptors (Lipinski definition) is 4. The van der Waals surface area contributed by atoms with Gasteiger partial charge in [-0.05, 0) is 17.7 Å². The van der Waals surface area contributed by atoms with E-state index in [2.05, 4.69) is 5.32 Å². The van der Waals surface area contributed by atoms with Crippen molar-refractivity contribution in [3.63, 3.8) is 0 Å². The van der Waals surface area contributed by atoms with E-state index in [9.17, 15) is 9.59 Å². The third-order valence-corrected chi connectivity index (χ3v) is 4.97. The highest BCUT2D eigenvalue weighted by Crippen LogP contribution is 2.37. The molecule has 1 amide bonds. The number of benzene rings is 2. The summed E-state index contributed by atoms with van der Waals surface area (Å²) >= 11 is 1.57. The summed E-state index contributed by atoms with van der Waals surface area (Å²) in [7, 11) is 0. The third kappa shape index (κ3) is 3.96. The van der Waals surface area contributed by atoms with Crippen LogP contribution in [0, 0.1) is 0 Å². The van der Waals surface area contributed by atoms with Gasteiger partial charge < -0.3 is 10.4 Å². The zero-order valence-corrected chi connectivity index (χ0v) is 13.8. The second-order valence-electron chi connectivity index (χ2n) is 5.52. The van der Waals surface area contributed by atoms with E-state index in [4.69, 9.17) is 5.11 Å². The maximum atomic E-state index is 12.5. The smallest absolute Gasteiger partial charge is 0.323 e. The van der Waals surface area contributed by atoms with Crippen LogP contribution < -0.4 is 10.2 Å². The van der Waals surface area contributed by atoms with E-state index in [1.54, 1.807) is 17.8 Å². The Morgan fingerprint density at radius 2 is 1.88 bits per heavy atom. The lowest BCUT2D eigenvalue weighted by atomic mass is 10.2. The van der Waals surface area contributed by atoms with Crippen molar-refractivity contribution in [1.29, 1.82) is 0 Å². The summed E-state index contributed by atoms with van der Waals surface area (Å²) in [5.74, 6) is -1.20. The van der Waals surface area contributed by atoms with Crippen molar-refractivity contribution >= 4 is 29.3 Å². The van der Waals surface area contributed by atoms with Crippen LogP contribution in [0.5, 0.6) is 0 Å². The predicted octanol–water partition coefficient (Wildman–Crippen LogP) is 2.72. The Morgan fingerprint density at radius 3 is 2.62 bits per heavy atom. The molecule has 1 aliphatic rings. The molecular weight excluding hydrogens is 324 g/mol. The molecule has 1 heterocycles. The van der Waals surface area contributed by atoms with Crippen LogP contribution in [0.1, 0.15) is 12.0 Å². The normalized spacial score (nSPS) is 17.2. The van der Waals surface area contributed by atoms with Gasteiger partial charge in [0.25, 0.3) is 0 Å². The van der Waals surface area contributed by atoms with Gasteiger partial charge in [-0.1, -0.05) is 42.5 Å². The van der Waals surface area contributed by atoms with E-state index in [1.807, 2.05) is 48.5 Å². The van der Waals surface area contributed by atoms with Gasteiger partial charge in [0.1, 0.15) is 6.54 Å². The van der Waals surface area contributed by atoms with E-state index in [-0.39, 0.29) is 24.2 Å². The number of rotatable bonds is 5. The van der Waals surface area contributed by atoms with Crippen LogP contribution in [0.25, 0.3) is 0 Å². The maximum absolute atomic E-state index is 12.5. The lowest BCUT2D eigenvalue weighted by Crippen LogP contribution is -2.38. The zero-order chi connectivity index (χ0) is 16.9. The van der Waals surface area contributed by atoms with Crippen LogP contribution in [-0.2, 0) is 16.1 Å². The van der Waals surface area contributed by atoms with Crippen molar-refractivity contribution in [2.75, 3.05) is 11.4 Å². The molecule has 6 heteroatoms. The monoisotopic (exact) mass is 342 g/mol. The Labute approximate surface area is 144 Å². The van der Waals surface area contributed by atoms with Gasteiger partial charge >= 0.3 is 5.97 Å². The van der Waals surface area contributed by atoms with Crippen molar-refractivity contribution in [3.8, 4) is 0 Å². The third-order valence-electron chi connectivity index (χ3n) is 3.76. The molecule has 124 valence electrons. The number of carbonyl (C=O) groups is 2. The second-order valence-corrected chi connectivity index (χ2v) is 6.76. The summed E-state index contributed by atoms with van der Waals surface area (Å²) in [6.07, 6.45) is 0.249. The highest BCUT2D eigenvalue weighted by Gasteiger charge is 2.29. The number of nitrogens with one attached hydrogen (secondary N) is 1. The molecule has 0 radical (unpaired) electrons. The Morgan fingerprint density at radius 1 is 1.17 bits per heavy atom. The van der Waals surface area contributed by atoms with Crippen LogP contribution in [0.15, 0.2) is 59.5 Å². The minimum absolute atomic E-state index is 0.0994. The zero-order valence-electron chi connectivity index (χ0n) is 13.0. The Balaban J connectivity index is 1.78. The fourth-order valence-corrected chi connectivity index (χ4v) is 3.78. The molecule has 0 saturated carbocycles. The summed E-state index contributed by atoms with van der Waals surface area (Å²) in [6.45, 7) is 0.342. The van der Waals surface area contributed by atoms with E-state index in [0.29, 0.717) is 12.2 Å². The minimum Gasteiger partial charge on any atom is -0.480 e. The molecule has 0 aliphatic carbocycles. The number of hydrogen-bond donors (Lipinski definition) is 2. The minimum atomic E-state index is -1.01. The highest BCUT2D eigenvalue weighted by molar-refractivity contribution is 8.00. The molecule has 0 unspecified atom stereocenters. The van der Waals surface area contributed by atoms with Crippen molar-refractivity contribution < 1.29 is 14.7 Å². The van der Waals surface area contributed by atoms with Gasteiger partial charge in [0, 0.05) is 11.4 Å². The molecule has 0 fully saturated rings. The number of nitrogens with zero attached hydrogens (tertiary/aromatic N) is 1. The average molecular weight is 342 g/mol. The molecule has 24 heavy (non-hydrogen) atoms. The van der Waals surface area contributed by atoms with E-state index in [0.717, 1.165) is 10.5 Å². The number of aliphatic carboxylic acids is 1. The first-order valence-corrected chi connectivity index (χ1v) is 8.56. The number of carboxylic acid groups (broad SMARTS) is 1. The van der Waals surface area contributed by atoms with Crippen LogP contribution >= 0.6 is 11.8 Å². The fourth-order valence-electron chi connectivity index (χ4n) is 2.63. The van der Waals surface area contributed by atoms with Crippen molar-refractivity contribution in [2.24, 2.45) is 0 Å². The number of carbonyl (C=O) groups excluding carboxylic acids is 1. The van der Waals surface area contributed by atoms with Gasteiger partial charge in [-0.15, -0.1) is 11.8 Å². The lowest BCUT2D eigenvalue weighted by Gasteiger charge is -2.20. The summed E-state index contributed by atoms with van der Waals surface area (Å²) in [6, 6.07) is 17.4. The Kier molecular flexibility index (Phi) is 5.17. The lowest BCUT2D eigenvalue weighted by molar-refractivity contribution is -0.136. The molecule has 3 rings (SSSR count). The summed E-state index contributed by atoms with van der Waals surface area (Å²) in [5.41, 5.74) is 1.81. The first-order valence-electron chi connectivity index (χ1n) is 7.68. The number of amides is 1. The molecule has 0 saturated heterocycles. The van der Waals surface area contributed by atoms with Crippen molar-refractivity contribution in [3.05, 3.63) is 60.2 Å². The molecule has 0 spiro atoms. The number of carboxylic acids is 1. The highest BCUT2D eigenvalue weighted by atomic mass is 32.2. The largest absolute Gasteiger partial charge is 0.480 e. The molecule has 2 aromatic rings. The predicted molar refractivity (Wildman–Crippen MR) is 94.0 cm³/mol. The van der Waals surface area contributed by atoms with Gasteiger partial charge in [-0.3, -0.25) is 14.5 Å². The molecule has 0 bridgehead atoms. The van der Waals surface area contributed by atoms with E-state index >= 15 is 0 Å². The topological polar surface area (TPSA) is 69.6 Å². The molecule has 1 atom stereocenters. The van der Waals surface area contributed by atoms with Crippen molar-refractivity contribution in [2.45, 2.75) is 23.2 Å².